The van der Waals surface area contributed by atoms with E-state index in [-0.39, 0.29) is 18.3 Å². The maximum atomic E-state index is 6.05. The third kappa shape index (κ3) is 4.26. The van der Waals surface area contributed by atoms with Gasteiger partial charge in [0, 0.05) is 35.5 Å². The molecule has 0 aliphatic heterocycles. The molecule has 0 aliphatic rings. The van der Waals surface area contributed by atoms with Crippen molar-refractivity contribution in [1.82, 2.24) is 4.57 Å². The lowest BCUT2D eigenvalue weighted by Gasteiger charge is -2.20. The molecule has 0 saturated carbocycles. The maximum Gasteiger partial charge on any atom is 0.0781 e. The van der Waals surface area contributed by atoms with Crippen LogP contribution in [0.5, 0.6) is 0 Å². The van der Waals surface area contributed by atoms with Crippen LogP contribution in [0.3, 0.4) is 0 Å². The maximum absolute atomic E-state index is 6.05. The molecule has 1 heterocycles. The third-order valence-electron chi connectivity index (χ3n) is 4.75. The fourth-order valence-electron chi connectivity index (χ4n) is 3.23. The molecule has 0 radical (unpaired) electrons. The highest BCUT2D eigenvalue weighted by molar-refractivity contribution is 6.07. The number of benzene rings is 2. The first-order valence-corrected chi connectivity index (χ1v) is 9.32. The number of para-hydroxylation sites is 2. The van der Waals surface area contributed by atoms with E-state index in [0.717, 1.165) is 6.54 Å². The Bertz CT molecular complexity index is 788. The van der Waals surface area contributed by atoms with Crippen LogP contribution in [0.1, 0.15) is 20.8 Å². The lowest BCUT2D eigenvalue weighted by atomic mass is 10.2. The van der Waals surface area contributed by atoms with Gasteiger partial charge in [0.2, 0.25) is 0 Å². The average molecular weight is 355 g/mol. The van der Waals surface area contributed by atoms with Gasteiger partial charge in [0.15, 0.2) is 0 Å². The zero-order chi connectivity index (χ0) is 18.5. The molecule has 4 nitrogen and oxygen atoms in total. The SMILES string of the molecule is COC(C)COC(C)COC(C)Cn1c2ccccc2c2ccccc21. The second kappa shape index (κ2) is 8.67. The molecule has 0 saturated heterocycles. The van der Waals surface area contributed by atoms with E-state index >= 15 is 0 Å². The van der Waals surface area contributed by atoms with E-state index in [9.17, 15) is 0 Å². The van der Waals surface area contributed by atoms with E-state index in [2.05, 4.69) is 60.0 Å². The topological polar surface area (TPSA) is 32.6 Å². The van der Waals surface area contributed by atoms with Gasteiger partial charge in [-0.1, -0.05) is 36.4 Å². The van der Waals surface area contributed by atoms with Gasteiger partial charge in [-0.3, -0.25) is 0 Å². The molecular formula is C22H29NO3. The smallest absolute Gasteiger partial charge is 0.0781 e. The minimum absolute atomic E-state index is 0.0493. The van der Waals surface area contributed by atoms with Crippen LogP contribution < -0.4 is 0 Å². The first kappa shape index (κ1) is 18.9. The van der Waals surface area contributed by atoms with Crippen LogP contribution in [0.4, 0.5) is 0 Å². The van der Waals surface area contributed by atoms with Crippen LogP contribution >= 0.6 is 0 Å². The minimum atomic E-state index is 0.0493. The molecule has 3 atom stereocenters. The number of aromatic nitrogens is 1. The van der Waals surface area contributed by atoms with E-state index in [1.807, 2.05) is 13.8 Å². The summed E-state index contributed by atoms with van der Waals surface area (Å²) in [5.41, 5.74) is 2.50. The molecule has 3 aromatic rings. The Balaban J connectivity index is 1.66. The number of methoxy groups -OCH3 is 1. The van der Waals surface area contributed by atoms with Crippen molar-refractivity contribution in [2.24, 2.45) is 0 Å². The number of ether oxygens (including phenoxy) is 3. The first-order valence-electron chi connectivity index (χ1n) is 9.32. The molecule has 0 spiro atoms. The Morgan fingerprint density at radius 2 is 1.23 bits per heavy atom. The van der Waals surface area contributed by atoms with Crippen molar-refractivity contribution in [3.05, 3.63) is 48.5 Å². The van der Waals surface area contributed by atoms with Crippen molar-refractivity contribution in [2.75, 3.05) is 20.3 Å². The molecule has 3 rings (SSSR count). The van der Waals surface area contributed by atoms with Crippen LogP contribution in [-0.2, 0) is 20.8 Å². The minimum Gasteiger partial charge on any atom is -0.379 e. The normalized spacial score (nSPS) is 15.4. The summed E-state index contributed by atoms with van der Waals surface area (Å²) in [6.07, 6.45) is 0.251. The van der Waals surface area contributed by atoms with Gasteiger partial charge >= 0.3 is 0 Å². The molecule has 0 fully saturated rings. The van der Waals surface area contributed by atoms with Crippen molar-refractivity contribution < 1.29 is 14.2 Å². The molecule has 140 valence electrons. The van der Waals surface area contributed by atoms with Crippen LogP contribution in [0.2, 0.25) is 0 Å². The van der Waals surface area contributed by atoms with Gasteiger partial charge in [0.25, 0.3) is 0 Å². The lowest BCUT2D eigenvalue weighted by molar-refractivity contribution is -0.0619. The largest absolute Gasteiger partial charge is 0.379 e. The zero-order valence-electron chi connectivity index (χ0n) is 16.1. The van der Waals surface area contributed by atoms with Crippen molar-refractivity contribution in [3.63, 3.8) is 0 Å². The number of hydrogen-bond donors (Lipinski definition) is 0. The van der Waals surface area contributed by atoms with Gasteiger partial charge in [-0.2, -0.15) is 0 Å². The van der Waals surface area contributed by atoms with E-state index in [4.69, 9.17) is 14.2 Å². The van der Waals surface area contributed by atoms with Crippen molar-refractivity contribution in [3.8, 4) is 0 Å². The van der Waals surface area contributed by atoms with Crippen LogP contribution in [0.25, 0.3) is 21.8 Å². The molecule has 4 heteroatoms. The molecule has 3 unspecified atom stereocenters. The van der Waals surface area contributed by atoms with E-state index in [1.54, 1.807) is 7.11 Å². The number of rotatable bonds is 9. The first-order chi connectivity index (χ1) is 12.6. The molecule has 26 heavy (non-hydrogen) atoms. The Hall–Kier alpha value is -1.88. The number of nitrogens with zero attached hydrogens (tertiary/aromatic N) is 1. The standard InChI is InChI=1S/C22H29NO3/c1-16(25-15-18(3)26-14-17(2)24-4)13-23-21-11-7-5-9-19(21)20-10-6-8-12-22(20)23/h5-12,16-18H,13-15H2,1-4H3. The fraction of sp³-hybridized carbons (Fsp3) is 0.455. The zero-order valence-corrected chi connectivity index (χ0v) is 16.1. The van der Waals surface area contributed by atoms with E-state index in [1.165, 1.54) is 21.8 Å². The fourth-order valence-corrected chi connectivity index (χ4v) is 3.23. The highest BCUT2D eigenvalue weighted by Gasteiger charge is 2.14. The average Bonchev–Trinajstić information content (AvgIpc) is 2.98. The Morgan fingerprint density at radius 1 is 0.731 bits per heavy atom. The summed E-state index contributed by atoms with van der Waals surface area (Å²) in [4.78, 5) is 0. The molecule has 0 bridgehead atoms. The number of fused-ring (bicyclic) bond motifs is 3. The summed E-state index contributed by atoms with van der Waals surface area (Å²) in [5.74, 6) is 0. The van der Waals surface area contributed by atoms with Gasteiger partial charge in [-0.15, -0.1) is 0 Å². The van der Waals surface area contributed by atoms with Crippen LogP contribution in [0.15, 0.2) is 48.5 Å². The van der Waals surface area contributed by atoms with Gasteiger partial charge in [0.1, 0.15) is 0 Å². The van der Waals surface area contributed by atoms with Gasteiger partial charge < -0.3 is 18.8 Å². The predicted octanol–water partition coefficient (Wildman–Crippen LogP) is 4.64. The van der Waals surface area contributed by atoms with Gasteiger partial charge in [-0.05, 0) is 32.9 Å². The van der Waals surface area contributed by atoms with Gasteiger partial charge in [-0.25, -0.2) is 0 Å². The summed E-state index contributed by atoms with van der Waals surface area (Å²) >= 11 is 0. The van der Waals surface area contributed by atoms with Gasteiger partial charge in [0.05, 0.1) is 31.5 Å². The summed E-state index contributed by atoms with van der Waals surface area (Å²) in [6, 6.07) is 17.1. The quantitative estimate of drug-likeness (QED) is 0.560. The molecule has 0 amide bonds. The lowest BCUT2D eigenvalue weighted by Crippen LogP contribution is -2.26. The van der Waals surface area contributed by atoms with Crippen molar-refractivity contribution >= 4 is 21.8 Å². The van der Waals surface area contributed by atoms with Crippen molar-refractivity contribution in [1.29, 1.82) is 0 Å². The molecular weight excluding hydrogens is 326 g/mol. The summed E-state index contributed by atoms with van der Waals surface area (Å²) in [6.45, 7) is 8.13. The monoisotopic (exact) mass is 355 g/mol. The second-order valence-corrected chi connectivity index (χ2v) is 6.98. The third-order valence-corrected chi connectivity index (χ3v) is 4.75. The summed E-state index contributed by atoms with van der Waals surface area (Å²) in [7, 11) is 1.70. The molecule has 1 aromatic heterocycles. The number of hydrogen-bond acceptors (Lipinski definition) is 3. The Morgan fingerprint density at radius 3 is 1.81 bits per heavy atom. The Labute approximate surface area is 155 Å². The van der Waals surface area contributed by atoms with Crippen LogP contribution in [-0.4, -0.2) is 43.2 Å². The Kier molecular flexibility index (Phi) is 6.30. The highest BCUT2D eigenvalue weighted by Crippen LogP contribution is 2.29. The molecule has 0 aliphatic carbocycles. The second-order valence-electron chi connectivity index (χ2n) is 6.98. The molecule has 2 aromatic carbocycles. The van der Waals surface area contributed by atoms with Crippen molar-refractivity contribution in [2.45, 2.75) is 45.6 Å². The van der Waals surface area contributed by atoms with E-state index < -0.39 is 0 Å². The summed E-state index contributed by atoms with van der Waals surface area (Å²) < 4.78 is 19.4. The van der Waals surface area contributed by atoms with E-state index in [0.29, 0.717) is 13.2 Å². The molecule has 0 N–H and O–H groups in total. The highest BCUT2D eigenvalue weighted by atomic mass is 16.6. The summed E-state index contributed by atoms with van der Waals surface area (Å²) in [5, 5.41) is 2.58. The van der Waals surface area contributed by atoms with Crippen LogP contribution in [0, 0.1) is 0 Å². The predicted molar refractivity (Wildman–Crippen MR) is 107 cm³/mol.